The Morgan fingerprint density at radius 1 is 1.12 bits per heavy atom. The minimum Gasteiger partial charge on any atom is -0.379 e. The number of unbranched alkanes of at least 4 members (excludes halogenated alkanes) is 1. The fraction of sp³-hybridized carbons (Fsp3) is 0.950. The summed E-state index contributed by atoms with van der Waals surface area (Å²) >= 11 is 0. The van der Waals surface area contributed by atoms with Gasteiger partial charge in [0, 0.05) is 39.4 Å². The van der Waals surface area contributed by atoms with Gasteiger partial charge in [0.15, 0.2) is 5.96 Å². The van der Waals surface area contributed by atoms with E-state index in [-0.39, 0.29) is 0 Å². The fourth-order valence-corrected chi connectivity index (χ4v) is 3.73. The maximum absolute atomic E-state index is 5.68. The van der Waals surface area contributed by atoms with Crippen molar-refractivity contribution in [2.75, 3.05) is 53.0 Å². The van der Waals surface area contributed by atoms with Crippen molar-refractivity contribution < 1.29 is 9.47 Å². The highest BCUT2D eigenvalue weighted by molar-refractivity contribution is 5.79. The number of likely N-dealkylation sites (tertiary alicyclic amines) is 1. The minimum atomic E-state index is 0.324. The molecule has 152 valence electrons. The Morgan fingerprint density at radius 3 is 2.69 bits per heavy atom. The molecule has 0 saturated carbocycles. The summed E-state index contributed by atoms with van der Waals surface area (Å²) in [6.07, 6.45) is 10.2. The van der Waals surface area contributed by atoms with E-state index in [4.69, 9.17) is 9.47 Å². The summed E-state index contributed by atoms with van der Waals surface area (Å²) in [7, 11) is 1.83. The molecule has 2 atom stereocenters. The number of hydrogen-bond acceptors (Lipinski definition) is 4. The number of aliphatic imine (C=N–C) groups is 1. The van der Waals surface area contributed by atoms with Crippen LogP contribution in [-0.2, 0) is 9.47 Å². The molecular weight excluding hydrogens is 328 g/mol. The second-order valence-corrected chi connectivity index (χ2v) is 7.58. The summed E-state index contributed by atoms with van der Waals surface area (Å²) in [6, 6.07) is 0.772. The van der Waals surface area contributed by atoms with E-state index < -0.39 is 0 Å². The van der Waals surface area contributed by atoms with E-state index in [0.717, 1.165) is 57.8 Å². The van der Waals surface area contributed by atoms with E-state index in [2.05, 4.69) is 27.4 Å². The zero-order chi connectivity index (χ0) is 18.5. The molecule has 0 aromatic heterocycles. The van der Waals surface area contributed by atoms with Crippen molar-refractivity contribution in [2.45, 2.75) is 70.4 Å². The third-order valence-corrected chi connectivity index (χ3v) is 5.41. The van der Waals surface area contributed by atoms with Gasteiger partial charge in [-0.2, -0.15) is 0 Å². The number of rotatable bonds is 11. The van der Waals surface area contributed by atoms with Gasteiger partial charge in [-0.05, 0) is 65.0 Å². The lowest BCUT2D eigenvalue weighted by atomic mass is 10.0. The lowest BCUT2D eigenvalue weighted by molar-refractivity contribution is 0.0168. The topological polar surface area (TPSA) is 58.1 Å². The molecule has 6 heteroatoms. The largest absolute Gasteiger partial charge is 0.379 e. The van der Waals surface area contributed by atoms with Crippen LogP contribution in [0.5, 0.6) is 0 Å². The first-order valence-electron chi connectivity index (χ1n) is 10.7. The van der Waals surface area contributed by atoms with Crippen molar-refractivity contribution in [3.8, 4) is 0 Å². The smallest absolute Gasteiger partial charge is 0.190 e. The van der Waals surface area contributed by atoms with Crippen molar-refractivity contribution in [2.24, 2.45) is 4.99 Å². The summed E-state index contributed by atoms with van der Waals surface area (Å²) in [4.78, 5) is 6.94. The Kier molecular flexibility index (Phi) is 11.0. The van der Waals surface area contributed by atoms with E-state index in [9.17, 15) is 0 Å². The van der Waals surface area contributed by atoms with Crippen molar-refractivity contribution in [1.82, 2.24) is 15.5 Å². The van der Waals surface area contributed by atoms with Crippen LogP contribution in [0.3, 0.4) is 0 Å². The molecule has 2 heterocycles. The summed E-state index contributed by atoms with van der Waals surface area (Å²) in [5, 5.41) is 6.78. The van der Waals surface area contributed by atoms with Crippen LogP contribution >= 0.6 is 0 Å². The highest BCUT2D eigenvalue weighted by Gasteiger charge is 2.17. The predicted molar refractivity (Wildman–Crippen MR) is 108 cm³/mol. The Labute approximate surface area is 160 Å². The average Bonchev–Trinajstić information content (AvgIpc) is 3.17. The number of hydrogen-bond donors (Lipinski definition) is 2. The molecule has 0 spiro atoms. The molecule has 0 aromatic rings. The lowest BCUT2D eigenvalue weighted by Crippen LogP contribution is -2.39. The molecule has 2 aliphatic rings. The van der Waals surface area contributed by atoms with Crippen LogP contribution in [0.1, 0.15) is 58.3 Å². The van der Waals surface area contributed by atoms with E-state index in [0.29, 0.717) is 6.10 Å². The minimum absolute atomic E-state index is 0.324. The molecule has 2 fully saturated rings. The number of nitrogens with one attached hydrogen (secondary N) is 2. The Bertz CT molecular complexity index is 386. The maximum atomic E-state index is 5.68. The van der Waals surface area contributed by atoms with Crippen molar-refractivity contribution in [3.63, 3.8) is 0 Å². The van der Waals surface area contributed by atoms with E-state index in [1.165, 1.54) is 51.6 Å². The third kappa shape index (κ3) is 8.69. The molecule has 2 unspecified atom stereocenters. The Balaban J connectivity index is 1.41. The standard InChI is InChI=1S/C20H40N4O2/c1-18-9-3-5-13-24(18)14-6-4-11-22-20(21-2)23-12-8-15-25-17-19-10-7-16-26-19/h18-19H,3-17H2,1-2H3,(H2,21,22,23). The first-order valence-corrected chi connectivity index (χ1v) is 10.7. The molecule has 0 amide bonds. The zero-order valence-electron chi connectivity index (χ0n) is 17.0. The van der Waals surface area contributed by atoms with Gasteiger partial charge in [-0.1, -0.05) is 6.42 Å². The second kappa shape index (κ2) is 13.3. The molecule has 0 bridgehead atoms. The summed E-state index contributed by atoms with van der Waals surface area (Å²) < 4.78 is 11.2. The molecule has 0 aliphatic carbocycles. The SMILES string of the molecule is CN=C(NCCCCN1CCCCC1C)NCCCOCC1CCCO1. The molecular formula is C20H40N4O2. The van der Waals surface area contributed by atoms with Crippen LogP contribution in [-0.4, -0.2) is 76.1 Å². The molecule has 0 aromatic carbocycles. The summed E-state index contributed by atoms with van der Waals surface area (Å²) in [6.45, 7) is 9.17. The summed E-state index contributed by atoms with van der Waals surface area (Å²) in [5.41, 5.74) is 0. The van der Waals surface area contributed by atoms with E-state index in [1.807, 2.05) is 7.05 Å². The number of ether oxygens (including phenoxy) is 2. The van der Waals surface area contributed by atoms with Crippen LogP contribution < -0.4 is 10.6 Å². The molecule has 2 N–H and O–H groups in total. The summed E-state index contributed by atoms with van der Waals surface area (Å²) in [5.74, 6) is 0.899. The Morgan fingerprint density at radius 2 is 1.96 bits per heavy atom. The third-order valence-electron chi connectivity index (χ3n) is 5.41. The van der Waals surface area contributed by atoms with Gasteiger partial charge in [0.05, 0.1) is 12.7 Å². The van der Waals surface area contributed by atoms with Gasteiger partial charge < -0.3 is 25.0 Å². The van der Waals surface area contributed by atoms with Crippen molar-refractivity contribution >= 4 is 5.96 Å². The molecule has 2 rings (SSSR count). The monoisotopic (exact) mass is 368 g/mol. The van der Waals surface area contributed by atoms with Crippen LogP contribution in [0, 0.1) is 0 Å². The van der Waals surface area contributed by atoms with Gasteiger partial charge in [-0.15, -0.1) is 0 Å². The van der Waals surface area contributed by atoms with Crippen molar-refractivity contribution in [3.05, 3.63) is 0 Å². The number of nitrogens with zero attached hydrogens (tertiary/aromatic N) is 2. The second-order valence-electron chi connectivity index (χ2n) is 7.58. The van der Waals surface area contributed by atoms with Crippen LogP contribution in [0.25, 0.3) is 0 Å². The molecule has 2 aliphatic heterocycles. The fourth-order valence-electron chi connectivity index (χ4n) is 3.73. The maximum Gasteiger partial charge on any atom is 0.190 e. The number of guanidine groups is 1. The zero-order valence-corrected chi connectivity index (χ0v) is 17.0. The van der Waals surface area contributed by atoms with Crippen LogP contribution in [0.15, 0.2) is 4.99 Å². The van der Waals surface area contributed by atoms with Crippen LogP contribution in [0.2, 0.25) is 0 Å². The van der Waals surface area contributed by atoms with E-state index >= 15 is 0 Å². The predicted octanol–water partition coefficient (Wildman–Crippen LogP) is 2.39. The highest BCUT2D eigenvalue weighted by atomic mass is 16.5. The van der Waals surface area contributed by atoms with Gasteiger partial charge in [0.25, 0.3) is 0 Å². The average molecular weight is 369 g/mol. The van der Waals surface area contributed by atoms with Gasteiger partial charge in [-0.25, -0.2) is 0 Å². The molecule has 2 saturated heterocycles. The lowest BCUT2D eigenvalue weighted by Gasteiger charge is -2.33. The van der Waals surface area contributed by atoms with Gasteiger partial charge >= 0.3 is 0 Å². The number of piperidine rings is 1. The van der Waals surface area contributed by atoms with Gasteiger partial charge in [0.2, 0.25) is 0 Å². The van der Waals surface area contributed by atoms with Crippen molar-refractivity contribution in [1.29, 1.82) is 0 Å². The molecule has 26 heavy (non-hydrogen) atoms. The highest BCUT2D eigenvalue weighted by Crippen LogP contribution is 2.16. The first-order chi connectivity index (χ1) is 12.8. The van der Waals surface area contributed by atoms with Crippen LogP contribution in [0.4, 0.5) is 0 Å². The normalized spacial score (nSPS) is 24.8. The van der Waals surface area contributed by atoms with E-state index in [1.54, 1.807) is 0 Å². The molecule has 0 radical (unpaired) electrons. The first kappa shape index (κ1) is 21.5. The van der Waals surface area contributed by atoms with Gasteiger partial charge in [0.1, 0.15) is 0 Å². The molecule has 6 nitrogen and oxygen atoms in total. The van der Waals surface area contributed by atoms with Gasteiger partial charge in [-0.3, -0.25) is 4.99 Å². The quantitative estimate of drug-likeness (QED) is 0.333. The Hall–Kier alpha value is -0.850.